The molecular weight excluding hydrogens is 448 g/mol. The zero-order chi connectivity index (χ0) is 23.7. The number of nitrogens with zero attached hydrogens (tertiary/aromatic N) is 3. The van der Waals surface area contributed by atoms with Crippen molar-refractivity contribution in [2.75, 3.05) is 11.4 Å². The fourth-order valence-electron chi connectivity index (χ4n) is 4.58. The number of nitrogens with one attached hydrogen (secondary N) is 1. The lowest BCUT2D eigenvalue weighted by Crippen LogP contribution is -2.38. The SMILES string of the molecule is CC(NC(=O)c1cccc(Cl)c1)c1nc2ccccc2n1CC(=O)N1CCCc2ccccc21. The van der Waals surface area contributed by atoms with E-state index >= 15 is 0 Å². The number of fused-ring (bicyclic) bond motifs is 2. The van der Waals surface area contributed by atoms with E-state index in [1.54, 1.807) is 24.3 Å². The molecule has 0 saturated carbocycles. The van der Waals surface area contributed by atoms with Crippen LogP contribution < -0.4 is 10.2 Å². The van der Waals surface area contributed by atoms with E-state index in [2.05, 4.69) is 11.4 Å². The van der Waals surface area contributed by atoms with E-state index in [-0.39, 0.29) is 18.4 Å². The molecule has 172 valence electrons. The molecular formula is C27H25ClN4O2. The van der Waals surface area contributed by atoms with Gasteiger partial charge in [-0.15, -0.1) is 0 Å². The van der Waals surface area contributed by atoms with Crippen LogP contribution in [0.5, 0.6) is 0 Å². The Balaban J connectivity index is 1.45. The number of imidazole rings is 1. The molecule has 1 aliphatic heterocycles. The summed E-state index contributed by atoms with van der Waals surface area (Å²) in [7, 11) is 0. The van der Waals surface area contributed by atoms with E-state index in [1.165, 1.54) is 5.56 Å². The van der Waals surface area contributed by atoms with Crippen molar-refractivity contribution >= 4 is 40.1 Å². The van der Waals surface area contributed by atoms with Crippen molar-refractivity contribution in [2.24, 2.45) is 0 Å². The standard InChI is InChI=1S/C27H25ClN4O2/c1-18(29-27(34)20-9-6-11-21(28)16-20)26-30-22-12-3-5-14-24(22)32(26)17-25(33)31-15-7-10-19-8-2-4-13-23(19)31/h2-6,8-9,11-14,16,18H,7,10,15,17H2,1H3,(H,29,34). The first-order chi connectivity index (χ1) is 16.5. The number of aryl methyl sites for hydroxylation is 1. The molecule has 0 bridgehead atoms. The molecule has 7 heteroatoms. The molecule has 34 heavy (non-hydrogen) atoms. The lowest BCUT2D eigenvalue weighted by atomic mass is 10.0. The first kappa shape index (κ1) is 22.2. The maximum absolute atomic E-state index is 13.5. The highest BCUT2D eigenvalue weighted by Crippen LogP contribution is 2.28. The molecule has 0 aliphatic carbocycles. The summed E-state index contributed by atoms with van der Waals surface area (Å²) in [5.41, 5.74) is 4.29. The van der Waals surface area contributed by atoms with E-state index in [4.69, 9.17) is 16.6 Å². The highest BCUT2D eigenvalue weighted by molar-refractivity contribution is 6.30. The second kappa shape index (κ2) is 9.31. The summed E-state index contributed by atoms with van der Waals surface area (Å²) in [6.45, 7) is 2.71. The second-order valence-electron chi connectivity index (χ2n) is 8.53. The monoisotopic (exact) mass is 472 g/mol. The molecule has 1 N–H and O–H groups in total. The van der Waals surface area contributed by atoms with Crippen molar-refractivity contribution < 1.29 is 9.59 Å². The number of rotatable bonds is 5. The van der Waals surface area contributed by atoms with E-state index < -0.39 is 6.04 Å². The van der Waals surface area contributed by atoms with Gasteiger partial charge in [-0.1, -0.05) is 48.0 Å². The average molecular weight is 473 g/mol. The maximum Gasteiger partial charge on any atom is 0.251 e. The van der Waals surface area contributed by atoms with Crippen LogP contribution in [0.15, 0.2) is 72.8 Å². The lowest BCUT2D eigenvalue weighted by Gasteiger charge is -2.30. The van der Waals surface area contributed by atoms with Gasteiger partial charge in [0.1, 0.15) is 12.4 Å². The van der Waals surface area contributed by atoms with Crippen LogP contribution in [-0.2, 0) is 17.8 Å². The highest BCUT2D eigenvalue weighted by Gasteiger charge is 2.25. The highest BCUT2D eigenvalue weighted by atomic mass is 35.5. The first-order valence-electron chi connectivity index (χ1n) is 11.4. The van der Waals surface area contributed by atoms with E-state index in [1.807, 2.05) is 58.9 Å². The Kier molecular flexibility index (Phi) is 6.07. The molecule has 4 aromatic rings. The lowest BCUT2D eigenvalue weighted by molar-refractivity contribution is -0.119. The summed E-state index contributed by atoms with van der Waals surface area (Å²) >= 11 is 6.05. The third kappa shape index (κ3) is 4.29. The molecule has 1 unspecified atom stereocenters. The van der Waals surface area contributed by atoms with Gasteiger partial charge in [-0.05, 0) is 61.7 Å². The van der Waals surface area contributed by atoms with Crippen molar-refractivity contribution in [3.63, 3.8) is 0 Å². The largest absolute Gasteiger partial charge is 0.342 e. The van der Waals surface area contributed by atoms with Crippen LogP contribution in [0.2, 0.25) is 5.02 Å². The molecule has 1 atom stereocenters. The van der Waals surface area contributed by atoms with Crippen LogP contribution in [0.3, 0.4) is 0 Å². The molecule has 1 aliphatic rings. The fraction of sp³-hybridized carbons (Fsp3) is 0.222. The summed E-state index contributed by atoms with van der Waals surface area (Å²) in [4.78, 5) is 33.0. The van der Waals surface area contributed by atoms with Crippen LogP contribution in [0.25, 0.3) is 11.0 Å². The molecule has 2 amide bonds. The Morgan fingerprint density at radius 2 is 1.85 bits per heavy atom. The first-order valence-corrected chi connectivity index (χ1v) is 11.8. The Morgan fingerprint density at radius 3 is 2.71 bits per heavy atom. The van der Waals surface area contributed by atoms with Crippen LogP contribution in [0.4, 0.5) is 5.69 Å². The molecule has 0 spiro atoms. The topological polar surface area (TPSA) is 67.2 Å². The third-order valence-electron chi connectivity index (χ3n) is 6.21. The Morgan fingerprint density at radius 1 is 1.06 bits per heavy atom. The van der Waals surface area contributed by atoms with Gasteiger partial charge in [0, 0.05) is 22.8 Å². The van der Waals surface area contributed by atoms with Gasteiger partial charge >= 0.3 is 0 Å². The normalized spacial score (nSPS) is 14.0. The number of benzene rings is 3. The van der Waals surface area contributed by atoms with Crippen LogP contribution in [0.1, 0.15) is 41.1 Å². The van der Waals surface area contributed by atoms with Crippen molar-refractivity contribution in [1.29, 1.82) is 0 Å². The van der Waals surface area contributed by atoms with Gasteiger partial charge in [0.15, 0.2) is 0 Å². The maximum atomic E-state index is 13.5. The van der Waals surface area contributed by atoms with Crippen LogP contribution >= 0.6 is 11.6 Å². The zero-order valence-corrected chi connectivity index (χ0v) is 19.6. The number of carbonyl (C=O) groups is 2. The summed E-state index contributed by atoms with van der Waals surface area (Å²) in [6, 6.07) is 22.2. The predicted molar refractivity (Wildman–Crippen MR) is 134 cm³/mol. The van der Waals surface area contributed by atoms with Gasteiger partial charge in [-0.25, -0.2) is 4.98 Å². The van der Waals surface area contributed by atoms with Gasteiger partial charge in [0.2, 0.25) is 5.91 Å². The Hall–Kier alpha value is -3.64. The van der Waals surface area contributed by atoms with Gasteiger partial charge in [-0.2, -0.15) is 0 Å². The smallest absolute Gasteiger partial charge is 0.251 e. The van der Waals surface area contributed by atoms with E-state index in [0.717, 1.165) is 29.6 Å². The quantitative estimate of drug-likeness (QED) is 0.436. The summed E-state index contributed by atoms with van der Waals surface area (Å²) in [6.07, 6.45) is 1.91. The minimum Gasteiger partial charge on any atom is -0.342 e. The summed E-state index contributed by atoms with van der Waals surface area (Å²) in [5.74, 6) is 0.394. The van der Waals surface area contributed by atoms with Gasteiger partial charge < -0.3 is 14.8 Å². The van der Waals surface area contributed by atoms with Crippen molar-refractivity contribution in [3.8, 4) is 0 Å². The summed E-state index contributed by atoms with van der Waals surface area (Å²) in [5, 5.41) is 3.50. The van der Waals surface area contributed by atoms with Crippen LogP contribution in [0, 0.1) is 0 Å². The number of amides is 2. The number of hydrogen-bond donors (Lipinski definition) is 1. The average Bonchev–Trinajstić information content (AvgIpc) is 3.22. The van der Waals surface area contributed by atoms with E-state index in [0.29, 0.717) is 23.0 Å². The van der Waals surface area contributed by atoms with Crippen LogP contribution in [-0.4, -0.2) is 27.9 Å². The third-order valence-corrected chi connectivity index (χ3v) is 6.45. The molecule has 0 fully saturated rings. The van der Waals surface area contributed by atoms with Crippen molar-refractivity contribution in [1.82, 2.24) is 14.9 Å². The Labute approximate surface area is 203 Å². The number of carbonyl (C=O) groups excluding carboxylic acids is 2. The minimum atomic E-state index is -0.416. The number of anilines is 1. The fourth-order valence-corrected chi connectivity index (χ4v) is 4.77. The zero-order valence-electron chi connectivity index (χ0n) is 18.9. The molecule has 1 aromatic heterocycles. The number of aromatic nitrogens is 2. The molecule has 0 radical (unpaired) electrons. The van der Waals surface area contributed by atoms with Gasteiger partial charge in [0.05, 0.1) is 17.1 Å². The van der Waals surface area contributed by atoms with Crippen molar-refractivity contribution in [3.05, 3.63) is 94.8 Å². The molecule has 3 aromatic carbocycles. The van der Waals surface area contributed by atoms with E-state index in [9.17, 15) is 9.59 Å². The number of hydrogen-bond acceptors (Lipinski definition) is 3. The number of para-hydroxylation sites is 3. The molecule has 0 saturated heterocycles. The summed E-state index contributed by atoms with van der Waals surface area (Å²) < 4.78 is 1.91. The minimum absolute atomic E-state index is 0.00456. The predicted octanol–water partition coefficient (Wildman–Crippen LogP) is 5.16. The van der Waals surface area contributed by atoms with Gasteiger partial charge in [-0.3, -0.25) is 9.59 Å². The number of halogens is 1. The van der Waals surface area contributed by atoms with Crippen molar-refractivity contribution in [2.45, 2.75) is 32.4 Å². The molecule has 5 rings (SSSR count). The second-order valence-corrected chi connectivity index (χ2v) is 8.96. The molecule has 6 nitrogen and oxygen atoms in total. The molecule has 2 heterocycles. The Bertz CT molecular complexity index is 1380. The van der Waals surface area contributed by atoms with Gasteiger partial charge in [0.25, 0.3) is 5.91 Å².